The lowest BCUT2D eigenvalue weighted by atomic mass is 9.99. The quantitative estimate of drug-likeness (QED) is 0.0735. The highest BCUT2D eigenvalue weighted by molar-refractivity contribution is 6.76. The van der Waals surface area contributed by atoms with Gasteiger partial charge in [-0.3, -0.25) is 0 Å². The SMILES string of the molecule is C[Si](C)(C)CO[C@H](CO[C@H]1O[C@H](CO[Si](C)(C)C)[C@@H](O[Si](C)(C)C)[C@H](O[Si](C)(C)C)[C@H]1O[Si](C)(C)C)[C@@H](O[Si](C)(C)C)[C@@H](O[Si](C)(C)C)[C@@H](CO[Si](C)(C)C)O[Si](C)(C)C. The topological polar surface area (TPSA) is 102 Å². The van der Waals surface area contributed by atoms with Crippen LogP contribution in [0, 0.1) is 0 Å². The summed E-state index contributed by atoms with van der Waals surface area (Å²) in [5.74, 6) is 0. The molecule has 1 aliphatic heterocycles. The van der Waals surface area contributed by atoms with Crippen molar-refractivity contribution in [2.24, 2.45) is 0 Å². The molecule has 360 valence electrons. The first-order valence-corrected chi connectivity index (χ1v) is 53.5. The summed E-state index contributed by atoms with van der Waals surface area (Å²) in [6.45, 7) is 61.3. The van der Waals surface area contributed by atoms with Crippen LogP contribution in [0.1, 0.15) is 0 Å². The minimum Gasteiger partial charge on any atom is -0.415 e. The summed E-state index contributed by atoms with van der Waals surface area (Å²) < 4.78 is 77.7. The predicted octanol–water partition coefficient (Wildman–Crippen LogP) is 11.0. The highest BCUT2D eigenvalue weighted by Crippen LogP contribution is 2.36. The first-order valence-electron chi connectivity index (χ1n) is 22.6. The molecule has 0 aromatic carbocycles. The molecule has 0 aromatic heterocycles. The van der Waals surface area contributed by atoms with Crippen molar-refractivity contribution in [2.75, 3.05) is 26.1 Å². The zero-order chi connectivity index (χ0) is 47.3. The molecule has 1 fully saturated rings. The summed E-state index contributed by atoms with van der Waals surface area (Å²) in [4.78, 5) is 0. The molecule has 0 aliphatic carbocycles. The fourth-order valence-corrected chi connectivity index (χ4v) is 15.0. The molecule has 20 heteroatoms. The molecule has 11 nitrogen and oxygen atoms in total. The van der Waals surface area contributed by atoms with Crippen molar-refractivity contribution in [1.82, 2.24) is 0 Å². The van der Waals surface area contributed by atoms with Gasteiger partial charge >= 0.3 is 0 Å². The van der Waals surface area contributed by atoms with Crippen LogP contribution in [0.3, 0.4) is 0 Å². The van der Waals surface area contributed by atoms with Gasteiger partial charge in [0, 0.05) is 6.23 Å². The third kappa shape index (κ3) is 27.2. The third-order valence-electron chi connectivity index (χ3n) is 8.12. The molecule has 0 amide bonds. The van der Waals surface area contributed by atoms with Crippen LogP contribution < -0.4 is 0 Å². The Morgan fingerprint density at radius 3 is 1.18 bits per heavy atom. The van der Waals surface area contributed by atoms with E-state index < -0.39 is 118 Å². The van der Waals surface area contributed by atoms with E-state index in [0.29, 0.717) is 19.4 Å². The number of hydrogen-bond donors (Lipinski definition) is 0. The lowest BCUT2D eigenvalue weighted by Gasteiger charge is -2.51. The highest BCUT2D eigenvalue weighted by Gasteiger charge is 2.53. The Morgan fingerprint density at radius 1 is 0.400 bits per heavy atom. The van der Waals surface area contributed by atoms with E-state index >= 15 is 0 Å². The Balaban J connectivity index is 4.14. The van der Waals surface area contributed by atoms with Gasteiger partial charge < -0.3 is 49.6 Å². The zero-order valence-corrected chi connectivity index (χ0v) is 53.0. The van der Waals surface area contributed by atoms with E-state index in [0.717, 1.165) is 0 Å². The average molecular weight is 1010 g/mol. The lowest BCUT2D eigenvalue weighted by Crippen LogP contribution is -2.67. The molecule has 60 heavy (non-hydrogen) atoms. The van der Waals surface area contributed by atoms with E-state index in [2.05, 4.69) is 177 Å². The number of rotatable bonds is 27. The van der Waals surface area contributed by atoms with Gasteiger partial charge in [-0.25, -0.2) is 0 Å². The molecular weight excluding hydrogens is 909 g/mol. The van der Waals surface area contributed by atoms with Gasteiger partial charge in [-0.15, -0.1) is 0 Å². The predicted molar refractivity (Wildman–Crippen MR) is 276 cm³/mol. The van der Waals surface area contributed by atoms with Gasteiger partial charge in [-0.1, -0.05) is 19.6 Å². The van der Waals surface area contributed by atoms with E-state index in [4.69, 9.17) is 49.6 Å². The first kappa shape index (κ1) is 59.5. The number of ether oxygens (including phenoxy) is 3. The summed E-state index contributed by atoms with van der Waals surface area (Å²) in [6, 6.07) is 0. The fraction of sp³-hybridized carbons (Fsp3) is 1.00. The fourth-order valence-electron chi connectivity index (χ4n) is 6.40. The monoisotopic (exact) mass is 1010 g/mol. The molecule has 0 radical (unpaired) electrons. The molecule has 1 saturated heterocycles. The van der Waals surface area contributed by atoms with Crippen molar-refractivity contribution in [3.63, 3.8) is 0 Å². The van der Waals surface area contributed by atoms with Crippen LogP contribution in [0.5, 0.6) is 0 Å². The van der Waals surface area contributed by atoms with Crippen molar-refractivity contribution in [2.45, 2.75) is 232 Å². The van der Waals surface area contributed by atoms with Crippen molar-refractivity contribution in [3.05, 3.63) is 0 Å². The summed E-state index contributed by atoms with van der Waals surface area (Å²) >= 11 is 0. The van der Waals surface area contributed by atoms with Crippen LogP contribution in [0.25, 0.3) is 0 Å². The molecule has 1 rings (SSSR count). The molecule has 0 unspecified atom stereocenters. The Bertz CT molecular complexity index is 1250. The smallest absolute Gasteiger partial charge is 0.185 e. The zero-order valence-electron chi connectivity index (χ0n) is 44.0. The number of hydrogen-bond acceptors (Lipinski definition) is 11. The second-order valence-electron chi connectivity index (χ2n) is 25.9. The molecule has 0 spiro atoms. The lowest BCUT2D eigenvalue weighted by molar-refractivity contribution is -0.297. The van der Waals surface area contributed by atoms with Gasteiger partial charge in [-0.05, 0) is 157 Å². The Kier molecular flexibility index (Phi) is 22.4. The van der Waals surface area contributed by atoms with Crippen LogP contribution in [0.15, 0.2) is 0 Å². The Morgan fingerprint density at radius 2 is 0.800 bits per heavy atom. The molecule has 0 saturated carbocycles. The molecule has 1 heterocycles. The Hall–Kier alpha value is 1.51. The van der Waals surface area contributed by atoms with Gasteiger partial charge in [0.05, 0.1) is 40.1 Å². The largest absolute Gasteiger partial charge is 0.415 e. The van der Waals surface area contributed by atoms with E-state index in [1.807, 2.05) is 0 Å². The maximum Gasteiger partial charge on any atom is 0.185 e. The van der Waals surface area contributed by atoms with Gasteiger partial charge in [0.15, 0.2) is 72.8 Å². The van der Waals surface area contributed by atoms with Crippen molar-refractivity contribution in [3.8, 4) is 0 Å². The standard InChI is InChI=1S/C40H98O11Si9/c1-52(2,3)31-42-32(35(47-56(13,14)15)37(49-58(19,20)21)34(46-55(10,11)12)30-44-54(7,8)9)28-41-40-39(51-60(25,26)27)38(50-59(22,23)24)36(48-57(16,17)18)33(45-40)29-43-53(4,5)6/h32-40H,28-31H2,1-27H3/t32-,33-,34-,35-,36-,37+,38+,39-,40+/m1/s1. The Labute approximate surface area is 380 Å². The molecular formula is C40H98O11Si9. The van der Waals surface area contributed by atoms with Crippen molar-refractivity contribution >= 4 is 74.6 Å². The normalized spacial score (nSPS) is 24.4. The van der Waals surface area contributed by atoms with Crippen LogP contribution in [0.4, 0.5) is 0 Å². The summed E-state index contributed by atoms with van der Waals surface area (Å²) in [7, 11) is -18.6. The van der Waals surface area contributed by atoms with Gasteiger partial charge in [0.2, 0.25) is 0 Å². The van der Waals surface area contributed by atoms with Crippen LogP contribution >= 0.6 is 0 Å². The summed E-state index contributed by atoms with van der Waals surface area (Å²) in [6.07, 6.45) is -3.76. The minimum atomic E-state index is -2.24. The molecule has 0 bridgehead atoms. The average Bonchev–Trinajstić information content (AvgIpc) is 2.94. The van der Waals surface area contributed by atoms with Crippen molar-refractivity contribution in [1.29, 1.82) is 0 Å². The summed E-state index contributed by atoms with van der Waals surface area (Å²) in [5, 5.41) is 0. The van der Waals surface area contributed by atoms with E-state index in [1.54, 1.807) is 0 Å². The van der Waals surface area contributed by atoms with Crippen molar-refractivity contribution < 1.29 is 49.6 Å². The minimum absolute atomic E-state index is 0.191. The third-order valence-corrected chi connectivity index (χ3v) is 17.1. The van der Waals surface area contributed by atoms with Crippen LogP contribution in [-0.4, -0.2) is 156 Å². The molecule has 1 aliphatic rings. The van der Waals surface area contributed by atoms with Crippen LogP contribution in [0.2, 0.25) is 177 Å². The van der Waals surface area contributed by atoms with Gasteiger partial charge in [0.1, 0.15) is 36.6 Å². The second-order valence-corrected chi connectivity index (χ2v) is 67.1. The first-order chi connectivity index (χ1) is 26.3. The highest BCUT2D eigenvalue weighted by atomic mass is 28.4. The van der Waals surface area contributed by atoms with E-state index in [1.165, 1.54) is 0 Å². The van der Waals surface area contributed by atoms with Gasteiger partial charge in [-0.2, -0.15) is 0 Å². The maximum absolute atomic E-state index is 7.33. The van der Waals surface area contributed by atoms with E-state index in [9.17, 15) is 0 Å². The van der Waals surface area contributed by atoms with Crippen LogP contribution in [-0.2, 0) is 49.6 Å². The molecule has 9 atom stereocenters. The molecule has 0 N–H and O–H groups in total. The van der Waals surface area contributed by atoms with E-state index in [-0.39, 0.29) is 18.8 Å². The second kappa shape index (κ2) is 22.5. The molecule has 0 aromatic rings. The van der Waals surface area contributed by atoms with Gasteiger partial charge in [0.25, 0.3) is 0 Å². The summed E-state index contributed by atoms with van der Waals surface area (Å²) in [5.41, 5.74) is 0. The maximum atomic E-state index is 7.33.